The van der Waals surface area contributed by atoms with E-state index in [1.165, 1.54) is 12.1 Å². The zero-order valence-electron chi connectivity index (χ0n) is 7.92. The lowest BCUT2D eigenvalue weighted by molar-refractivity contribution is 0.430. The van der Waals surface area contributed by atoms with Crippen LogP contribution in [0.1, 0.15) is 5.56 Å². The molecule has 15 heavy (non-hydrogen) atoms. The van der Waals surface area contributed by atoms with Crippen molar-refractivity contribution in [3.05, 3.63) is 35.4 Å². The van der Waals surface area contributed by atoms with Crippen molar-refractivity contribution in [2.75, 3.05) is 5.73 Å². The van der Waals surface area contributed by atoms with Crippen molar-refractivity contribution in [1.29, 1.82) is 0 Å². The van der Waals surface area contributed by atoms with Crippen molar-refractivity contribution in [2.45, 2.75) is 6.92 Å². The molecule has 2 rings (SSSR count). The molecule has 0 bridgehead atoms. The first-order valence-corrected chi connectivity index (χ1v) is 4.26. The molecule has 1 aromatic heterocycles. The average Bonchev–Trinajstić information content (AvgIpc) is 2.58. The van der Waals surface area contributed by atoms with E-state index in [1.807, 2.05) is 0 Å². The summed E-state index contributed by atoms with van der Waals surface area (Å²) in [4.78, 5) is 0. The number of benzene rings is 1. The van der Waals surface area contributed by atoms with Gasteiger partial charge in [-0.1, -0.05) is 5.16 Å². The van der Waals surface area contributed by atoms with Crippen LogP contribution in [0.25, 0.3) is 11.3 Å². The van der Waals surface area contributed by atoms with Gasteiger partial charge in [0.1, 0.15) is 0 Å². The van der Waals surface area contributed by atoms with Crippen LogP contribution in [-0.4, -0.2) is 5.16 Å². The van der Waals surface area contributed by atoms with Crippen LogP contribution in [0.15, 0.2) is 22.7 Å². The van der Waals surface area contributed by atoms with Crippen molar-refractivity contribution >= 4 is 5.82 Å². The summed E-state index contributed by atoms with van der Waals surface area (Å²) in [5, 5.41) is 3.41. The summed E-state index contributed by atoms with van der Waals surface area (Å²) in [6.07, 6.45) is 0. The summed E-state index contributed by atoms with van der Waals surface area (Å²) >= 11 is 0. The molecule has 0 saturated carbocycles. The molecule has 0 fully saturated rings. The summed E-state index contributed by atoms with van der Waals surface area (Å²) in [7, 11) is 0. The smallest absolute Gasteiger partial charge is 0.172 e. The molecular weight excluding hydrogens is 202 g/mol. The number of nitrogens with zero attached hydrogens (tertiary/aromatic N) is 1. The molecule has 0 saturated heterocycles. The highest BCUT2D eigenvalue weighted by Crippen LogP contribution is 2.27. The van der Waals surface area contributed by atoms with Crippen LogP contribution in [0.3, 0.4) is 0 Å². The second kappa shape index (κ2) is 3.34. The molecule has 2 N–H and O–H groups in total. The Morgan fingerprint density at radius 3 is 2.60 bits per heavy atom. The van der Waals surface area contributed by atoms with E-state index in [-0.39, 0.29) is 17.1 Å². The van der Waals surface area contributed by atoms with Crippen molar-refractivity contribution < 1.29 is 13.3 Å². The fraction of sp³-hybridized carbons (Fsp3) is 0.100. The van der Waals surface area contributed by atoms with E-state index < -0.39 is 11.6 Å². The second-order valence-electron chi connectivity index (χ2n) is 3.22. The minimum atomic E-state index is -0.961. The molecule has 0 amide bonds. The van der Waals surface area contributed by atoms with E-state index in [0.29, 0.717) is 5.56 Å². The summed E-state index contributed by atoms with van der Waals surface area (Å²) in [5.41, 5.74) is 5.94. The Kier molecular flexibility index (Phi) is 2.15. The first-order chi connectivity index (χ1) is 7.08. The molecule has 0 aliphatic carbocycles. The Morgan fingerprint density at radius 2 is 2.00 bits per heavy atom. The summed E-state index contributed by atoms with van der Waals surface area (Å²) in [6.45, 7) is 1.66. The summed E-state index contributed by atoms with van der Waals surface area (Å²) in [5.74, 6) is -1.63. The fourth-order valence-electron chi connectivity index (χ4n) is 1.32. The number of anilines is 1. The molecule has 2 aromatic rings. The van der Waals surface area contributed by atoms with E-state index in [9.17, 15) is 8.78 Å². The van der Waals surface area contributed by atoms with Gasteiger partial charge < -0.3 is 10.3 Å². The average molecular weight is 210 g/mol. The van der Waals surface area contributed by atoms with E-state index >= 15 is 0 Å². The lowest BCUT2D eigenvalue weighted by atomic mass is 10.1. The van der Waals surface area contributed by atoms with Gasteiger partial charge in [0.2, 0.25) is 0 Å². The first-order valence-electron chi connectivity index (χ1n) is 4.26. The van der Waals surface area contributed by atoms with Crippen molar-refractivity contribution in [3.8, 4) is 11.3 Å². The maximum absolute atomic E-state index is 13.4. The summed E-state index contributed by atoms with van der Waals surface area (Å²) < 4.78 is 31.2. The third kappa shape index (κ3) is 1.68. The number of hydrogen-bond acceptors (Lipinski definition) is 3. The number of nitrogen functional groups attached to an aromatic ring is 1. The highest BCUT2D eigenvalue weighted by atomic mass is 19.2. The van der Waals surface area contributed by atoms with Crippen molar-refractivity contribution in [1.82, 2.24) is 5.16 Å². The van der Waals surface area contributed by atoms with Crippen LogP contribution in [0.5, 0.6) is 0 Å². The zero-order chi connectivity index (χ0) is 11.0. The highest BCUT2D eigenvalue weighted by molar-refractivity contribution is 5.61. The predicted octanol–water partition coefficient (Wildman–Crippen LogP) is 2.51. The van der Waals surface area contributed by atoms with Gasteiger partial charge in [-0.25, -0.2) is 8.78 Å². The second-order valence-corrected chi connectivity index (χ2v) is 3.22. The molecule has 0 unspecified atom stereocenters. The van der Waals surface area contributed by atoms with Gasteiger partial charge in [0.15, 0.2) is 23.2 Å². The van der Waals surface area contributed by atoms with Gasteiger partial charge in [-0.05, 0) is 24.6 Å². The number of nitrogens with two attached hydrogens (primary N) is 1. The van der Waals surface area contributed by atoms with Gasteiger partial charge in [-0.2, -0.15) is 0 Å². The highest BCUT2D eigenvalue weighted by Gasteiger charge is 2.14. The molecule has 1 heterocycles. The van der Waals surface area contributed by atoms with Gasteiger partial charge in [0.05, 0.1) is 5.56 Å². The van der Waals surface area contributed by atoms with Crippen LogP contribution in [0, 0.1) is 18.6 Å². The zero-order valence-corrected chi connectivity index (χ0v) is 7.92. The molecule has 78 valence electrons. The molecule has 0 radical (unpaired) electrons. The first kappa shape index (κ1) is 9.64. The molecule has 0 aliphatic heterocycles. The van der Waals surface area contributed by atoms with E-state index in [0.717, 1.165) is 6.07 Å². The molecule has 0 aliphatic rings. The maximum atomic E-state index is 13.4. The SMILES string of the molecule is Cc1cc(F)c(F)c(-c2cc(N)no2)c1. The predicted molar refractivity (Wildman–Crippen MR) is 51.0 cm³/mol. The maximum Gasteiger partial charge on any atom is 0.172 e. The van der Waals surface area contributed by atoms with Gasteiger partial charge >= 0.3 is 0 Å². The number of aryl methyl sites for hydroxylation is 1. The third-order valence-corrected chi connectivity index (χ3v) is 1.97. The quantitative estimate of drug-likeness (QED) is 0.786. The van der Waals surface area contributed by atoms with Crippen LogP contribution < -0.4 is 5.73 Å². The van der Waals surface area contributed by atoms with Gasteiger partial charge in [0, 0.05) is 6.07 Å². The molecule has 5 heteroatoms. The normalized spacial score (nSPS) is 10.6. The third-order valence-electron chi connectivity index (χ3n) is 1.97. The number of aromatic nitrogens is 1. The van der Waals surface area contributed by atoms with Crippen LogP contribution >= 0.6 is 0 Å². The Hall–Kier alpha value is -1.91. The van der Waals surface area contributed by atoms with E-state index in [4.69, 9.17) is 10.3 Å². The van der Waals surface area contributed by atoms with Crippen LogP contribution in [-0.2, 0) is 0 Å². The van der Waals surface area contributed by atoms with Gasteiger partial charge in [0.25, 0.3) is 0 Å². The summed E-state index contributed by atoms with van der Waals surface area (Å²) in [6, 6.07) is 3.92. The topological polar surface area (TPSA) is 52.0 Å². The van der Waals surface area contributed by atoms with Crippen LogP contribution in [0.4, 0.5) is 14.6 Å². The molecule has 0 spiro atoms. The number of hydrogen-bond donors (Lipinski definition) is 1. The van der Waals surface area contributed by atoms with E-state index in [2.05, 4.69) is 5.16 Å². The Balaban J connectivity index is 2.62. The molecular formula is C10H8F2N2O. The Labute approximate surface area is 84.5 Å². The molecule has 3 nitrogen and oxygen atoms in total. The largest absolute Gasteiger partial charge is 0.381 e. The Morgan fingerprint density at radius 1 is 1.27 bits per heavy atom. The van der Waals surface area contributed by atoms with Gasteiger partial charge in [-0.15, -0.1) is 0 Å². The lowest BCUT2D eigenvalue weighted by Crippen LogP contribution is -1.90. The Bertz CT molecular complexity index is 508. The monoisotopic (exact) mass is 210 g/mol. The van der Waals surface area contributed by atoms with Crippen molar-refractivity contribution in [3.63, 3.8) is 0 Å². The van der Waals surface area contributed by atoms with Crippen LogP contribution in [0.2, 0.25) is 0 Å². The standard InChI is InChI=1S/C10H8F2N2O/c1-5-2-6(10(12)7(11)3-5)8-4-9(13)14-15-8/h2-4H,1H3,(H2,13,14). The van der Waals surface area contributed by atoms with Crippen molar-refractivity contribution in [2.24, 2.45) is 0 Å². The molecule has 0 atom stereocenters. The lowest BCUT2D eigenvalue weighted by Gasteiger charge is -2.01. The molecule has 1 aromatic carbocycles. The number of rotatable bonds is 1. The minimum absolute atomic E-state index is 0.0247. The van der Waals surface area contributed by atoms with Gasteiger partial charge in [-0.3, -0.25) is 0 Å². The van der Waals surface area contributed by atoms with E-state index in [1.54, 1.807) is 6.92 Å². The minimum Gasteiger partial charge on any atom is -0.381 e. The number of halogens is 2. The fourth-order valence-corrected chi connectivity index (χ4v) is 1.32.